The number of carbonyl (C=O) groups is 1. The summed E-state index contributed by atoms with van der Waals surface area (Å²) in [6.45, 7) is 11.0. The molecule has 0 unspecified atom stereocenters. The summed E-state index contributed by atoms with van der Waals surface area (Å²) in [6.07, 6.45) is 6.49. The third-order valence-corrected chi connectivity index (χ3v) is 4.45. The van der Waals surface area contributed by atoms with Gasteiger partial charge >= 0.3 is 0 Å². The minimum atomic E-state index is -0.349. The van der Waals surface area contributed by atoms with Gasteiger partial charge in [-0.05, 0) is 37.5 Å². The lowest BCUT2D eigenvalue weighted by molar-refractivity contribution is -0.114. The maximum Gasteiger partial charge on any atom is 0.147 e. The summed E-state index contributed by atoms with van der Waals surface area (Å²) in [7, 11) is 3.89. The molecular weight excluding hydrogens is 338 g/mol. The van der Waals surface area contributed by atoms with Gasteiger partial charge in [0.05, 0.1) is 11.4 Å². The van der Waals surface area contributed by atoms with Gasteiger partial charge in [0.15, 0.2) is 0 Å². The monoisotopic (exact) mass is 369 g/mol. The summed E-state index contributed by atoms with van der Waals surface area (Å²) in [5, 5.41) is 10.6. The number of rotatable bonds is 9. The molecule has 0 radical (unpaired) electrons. The second-order valence-electron chi connectivity index (χ2n) is 7.69. The number of nitrogens with zero attached hydrogens (tertiary/aromatic N) is 3. The maximum atomic E-state index is 11.2. The van der Waals surface area contributed by atoms with Crippen LogP contribution in [0.1, 0.15) is 39.3 Å². The Labute approximate surface area is 162 Å². The maximum absolute atomic E-state index is 11.2. The number of anilines is 1. The highest BCUT2D eigenvalue weighted by Crippen LogP contribution is 2.24. The zero-order valence-electron chi connectivity index (χ0n) is 17.0. The van der Waals surface area contributed by atoms with Crippen molar-refractivity contribution < 1.29 is 4.79 Å². The van der Waals surface area contributed by atoms with Crippen LogP contribution in [0.25, 0.3) is 5.70 Å². The van der Waals surface area contributed by atoms with Crippen molar-refractivity contribution in [1.29, 1.82) is 0 Å². The Bertz CT molecular complexity index is 751. The molecule has 1 aliphatic rings. The van der Waals surface area contributed by atoms with Crippen LogP contribution in [0, 0.1) is 5.41 Å². The highest BCUT2D eigenvalue weighted by atomic mass is 16.1. The first-order valence-corrected chi connectivity index (χ1v) is 9.19. The van der Waals surface area contributed by atoms with Crippen molar-refractivity contribution in [2.45, 2.75) is 33.6 Å². The molecule has 2 rings (SSSR count). The van der Waals surface area contributed by atoms with Crippen LogP contribution >= 0.6 is 0 Å². The predicted molar refractivity (Wildman–Crippen MR) is 111 cm³/mol. The first kappa shape index (κ1) is 20.7. The normalized spacial score (nSPS) is 15.5. The molecule has 0 aromatic carbocycles. The van der Waals surface area contributed by atoms with E-state index in [2.05, 4.69) is 35.3 Å². The first-order chi connectivity index (χ1) is 12.8. The molecule has 6 heteroatoms. The average Bonchev–Trinajstić information content (AvgIpc) is 2.98. The van der Waals surface area contributed by atoms with Gasteiger partial charge < -0.3 is 15.4 Å². The quantitative estimate of drug-likeness (QED) is 0.652. The second kappa shape index (κ2) is 8.86. The standard InChI is InChI=1S/C21H31N5O/c1-16-13-25(6)26(14-16)20-9-7-8-19(24-20)17(2)23-18(12-22-5)10-11-21(3,4)15-27/h7-9,12,14-15,22-23H,2,10-11,13H2,1,3-6H3/b18-12+. The van der Waals surface area contributed by atoms with Crippen LogP contribution in [0.2, 0.25) is 0 Å². The summed E-state index contributed by atoms with van der Waals surface area (Å²) in [6, 6.07) is 5.91. The summed E-state index contributed by atoms with van der Waals surface area (Å²) in [4.78, 5) is 15.9. The third kappa shape index (κ3) is 5.69. The highest BCUT2D eigenvalue weighted by Gasteiger charge is 2.19. The lowest BCUT2D eigenvalue weighted by Gasteiger charge is -2.24. The van der Waals surface area contributed by atoms with Gasteiger partial charge in [0.2, 0.25) is 0 Å². The molecule has 0 aliphatic carbocycles. The van der Waals surface area contributed by atoms with Crippen LogP contribution < -0.4 is 15.6 Å². The summed E-state index contributed by atoms with van der Waals surface area (Å²) >= 11 is 0. The highest BCUT2D eigenvalue weighted by molar-refractivity contribution is 5.62. The molecule has 6 nitrogen and oxygen atoms in total. The molecule has 0 bridgehead atoms. The lowest BCUT2D eigenvalue weighted by atomic mass is 9.89. The van der Waals surface area contributed by atoms with E-state index in [0.29, 0.717) is 0 Å². The Morgan fingerprint density at radius 2 is 2.15 bits per heavy atom. The fourth-order valence-corrected chi connectivity index (χ4v) is 2.86. The van der Waals surface area contributed by atoms with E-state index in [1.165, 1.54) is 5.57 Å². The predicted octanol–water partition coefficient (Wildman–Crippen LogP) is 3.28. The average molecular weight is 370 g/mol. The van der Waals surface area contributed by atoms with E-state index in [1.54, 1.807) is 0 Å². The molecule has 1 aromatic heterocycles. The Morgan fingerprint density at radius 3 is 2.74 bits per heavy atom. The number of carbonyl (C=O) groups excluding carboxylic acids is 1. The van der Waals surface area contributed by atoms with E-state index in [-0.39, 0.29) is 5.41 Å². The Balaban J connectivity index is 2.11. The van der Waals surface area contributed by atoms with E-state index in [9.17, 15) is 4.79 Å². The molecule has 0 amide bonds. The van der Waals surface area contributed by atoms with Crippen molar-refractivity contribution in [3.05, 3.63) is 54.1 Å². The SMILES string of the molecule is C=C(N/C(=C/NC)CCC(C)(C)C=O)c1cccc(N2C=C(C)CN2C)n1. The Kier molecular flexibility index (Phi) is 6.80. The van der Waals surface area contributed by atoms with Crippen LogP contribution in [0.3, 0.4) is 0 Å². The van der Waals surface area contributed by atoms with Crippen molar-refractivity contribution in [1.82, 2.24) is 20.6 Å². The molecule has 1 aliphatic heterocycles. The molecular formula is C21H31N5O. The number of hydrogen-bond acceptors (Lipinski definition) is 6. The van der Waals surface area contributed by atoms with Crippen LogP contribution in [0.4, 0.5) is 5.82 Å². The molecule has 1 aromatic rings. The Hall–Kier alpha value is -2.60. The van der Waals surface area contributed by atoms with Gasteiger partial charge in [-0.15, -0.1) is 0 Å². The van der Waals surface area contributed by atoms with E-state index in [4.69, 9.17) is 4.98 Å². The number of pyridine rings is 1. The Morgan fingerprint density at radius 1 is 1.41 bits per heavy atom. The molecule has 0 fully saturated rings. The fraction of sp³-hybridized carbons (Fsp3) is 0.429. The minimum Gasteiger partial charge on any atom is -0.393 e. The third-order valence-electron chi connectivity index (χ3n) is 4.45. The molecule has 2 N–H and O–H groups in total. The second-order valence-corrected chi connectivity index (χ2v) is 7.69. The summed E-state index contributed by atoms with van der Waals surface area (Å²) in [5.41, 5.74) is 3.43. The zero-order valence-corrected chi connectivity index (χ0v) is 17.0. The topological polar surface area (TPSA) is 60.5 Å². The van der Waals surface area contributed by atoms with Crippen LogP contribution in [0.5, 0.6) is 0 Å². The van der Waals surface area contributed by atoms with Crippen molar-refractivity contribution in [2.24, 2.45) is 5.41 Å². The number of allylic oxidation sites excluding steroid dienone is 1. The lowest BCUT2D eigenvalue weighted by Crippen LogP contribution is -2.32. The van der Waals surface area contributed by atoms with Crippen LogP contribution in [-0.4, -0.2) is 36.9 Å². The van der Waals surface area contributed by atoms with E-state index in [0.717, 1.165) is 48.6 Å². The molecule has 146 valence electrons. The first-order valence-electron chi connectivity index (χ1n) is 9.19. The molecule has 0 saturated carbocycles. The van der Waals surface area contributed by atoms with Crippen LogP contribution in [-0.2, 0) is 4.79 Å². The fourth-order valence-electron chi connectivity index (χ4n) is 2.86. The number of likely N-dealkylation sites (N-methyl/N-ethyl adjacent to an activating group) is 1. The van der Waals surface area contributed by atoms with Crippen molar-refractivity contribution in [3.8, 4) is 0 Å². The van der Waals surface area contributed by atoms with E-state index >= 15 is 0 Å². The van der Waals surface area contributed by atoms with E-state index in [1.807, 2.05) is 57.4 Å². The van der Waals surface area contributed by atoms with Gasteiger partial charge in [-0.2, -0.15) is 0 Å². The van der Waals surface area contributed by atoms with Gasteiger partial charge in [-0.1, -0.05) is 26.5 Å². The van der Waals surface area contributed by atoms with Crippen molar-refractivity contribution in [2.75, 3.05) is 25.6 Å². The zero-order chi connectivity index (χ0) is 20.0. The molecule has 0 atom stereocenters. The summed E-state index contributed by atoms with van der Waals surface area (Å²) in [5.74, 6) is 0.857. The number of aldehydes is 1. The molecule has 0 spiro atoms. The number of hydrazine groups is 1. The number of hydrogen-bond donors (Lipinski definition) is 2. The van der Waals surface area contributed by atoms with E-state index < -0.39 is 0 Å². The van der Waals surface area contributed by atoms with Gasteiger partial charge in [-0.3, -0.25) is 5.01 Å². The van der Waals surface area contributed by atoms with Crippen molar-refractivity contribution >= 4 is 17.8 Å². The molecule has 2 heterocycles. The number of aromatic nitrogens is 1. The smallest absolute Gasteiger partial charge is 0.147 e. The number of nitrogens with one attached hydrogen (secondary N) is 2. The largest absolute Gasteiger partial charge is 0.393 e. The molecule has 27 heavy (non-hydrogen) atoms. The van der Waals surface area contributed by atoms with Crippen molar-refractivity contribution in [3.63, 3.8) is 0 Å². The van der Waals surface area contributed by atoms with Gasteiger partial charge in [0, 0.05) is 44.2 Å². The minimum absolute atomic E-state index is 0.349. The molecule has 0 saturated heterocycles. The van der Waals surface area contributed by atoms with Crippen LogP contribution in [0.15, 0.2) is 48.4 Å². The van der Waals surface area contributed by atoms with Gasteiger partial charge in [0.25, 0.3) is 0 Å². The van der Waals surface area contributed by atoms with Gasteiger partial charge in [-0.25, -0.2) is 9.99 Å². The summed E-state index contributed by atoms with van der Waals surface area (Å²) < 4.78 is 0. The van der Waals surface area contributed by atoms with Gasteiger partial charge in [0.1, 0.15) is 12.1 Å².